The van der Waals surface area contributed by atoms with Crippen LogP contribution < -0.4 is 14.9 Å². The van der Waals surface area contributed by atoms with Crippen LogP contribution in [0.1, 0.15) is 43.5 Å². The van der Waals surface area contributed by atoms with Gasteiger partial charge in [0.15, 0.2) is 0 Å². The molecule has 0 unspecified atom stereocenters. The van der Waals surface area contributed by atoms with E-state index in [9.17, 15) is 18.0 Å². The van der Waals surface area contributed by atoms with Crippen LogP contribution in [-0.4, -0.2) is 32.8 Å². The number of nitrogens with one attached hydrogen (secondary N) is 2. The Balaban J connectivity index is 1.42. The molecule has 0 aliphatic carbocycles. The van der Waals surface area contributed by atoms with Crippen molar-refractivity contribution in [3.63, 3.8) is 0 Å². The van der Waals surface area contributed by atoms with Gasteiger partial charge in [0.2, 0.25) is 5.91 Å². The molecule has 1 heterocycles. The van der Waals surface area contributed by atoms with E-state index in [0.717, 1.165) is 17.2 Å². The van der Waals surface area contributed by atoms with Gasteiger partial charge < -0.3 is 10.6 Å². The molecular weight excluding hydrogens is 438 g/mol. The summed E-state index contributed by atoms with van der Waals surface area (Å²) in [5, 5.41) is 7.30. The number of para-hydroxylation sites is 1. The van der Waals surface area contributed by atoms with Crippen LogP contribution in [0.25, 0.3) is 10.8 Å². The Morgan fingerprint density at radius 1 is 1.00 bits per heavy atom. The van der Waals surface area contributed by atoms with Crippen molar-refractivity contribution in [2.24, 2.45) is 0 Å². The fourth-order valence-corrected chi connectivity index (χ4v) is 5.74. The number of sulfonamides is 1. The number of nitrogens with zero attached hydrogens (tertiary/aromatic N) is 1. The summed E-state index contributed by atoms with van der Waals surface area (Å²) in [6.45, 7) is 4.10. The molecule has 0 radical (unpaired) electrons. The Morgan fingerprint density at radius 2 is 1.73 bits per heavy atom. The van der Waals surface area contributed by atoms with E-state index in [2.05, 4.69) is 10.6 Å². The van der Waals surface area contributed by atoms with Crippen LogP contribution in [0.3, 0.4) is 0 Å². The predicted molar refractivity (Wildman–Crippen MR) is 130 cm³/mol. The second-order valence-corrected chi connectivity index (χ2v) is 10.0. The molecule has 0 saturated heterocycles. The number of hydrogen-bond donors (Lipinski definition) is 2. The maximum absolute atomic E-state index is 13.0. The van der Waals surface area contributed by atoms with Crippen molar-refractivity contribution < 1.29 is 18.0 Å². The third-order valence-corrected chi connectivity index (χ3v) is 7.74. The highest BCUT2D eigenvalue weighted by molar-refractivity contribution is 7.93. The van der Waals surface area contributed by atoms with Crippen LogP contribution in [0.15, 0.2) is 65.6 Å². The summed E-state index contributed by atoms with van der Waals surface area (Å²) >= 11 is 0. The monoisotopic (exact) mass is 465 g/mol. The van der Waals surface area contributed by atoms with Gasteiger partial charge in [-0.05, 0) is 49.4 Å². The molecule has 3 aromatic carbocycles. The van der Waals surface area contributed by atoms with Gasteiger partial charge in [-0.1, -0.05) is 43.3 Å². The van der Waals surface area contributed by atoms with E-state index < -0.39 is 10.0 Å². The lowest BCUT2D eigenvalue weighted by Gasteiger charge is -2.19. The summed E-state index contributed by atoms with van der Waals surface area (Å²) in [5.74, 6) is -0.514. The topological polar surface area (TPSA) is 95.6 Å². The highest BCUT2D eigenvalue weighted by atomic mass is 32.2. The summed E-state index contributed by atoms with van der Waals surface area (Å²) in [5.41, 5.74) is 1.49. The van der Waals surface area contributed by atoms with Gasteiger partial charge in [-0.25, -0.2) is 8.42 Å². The van der Waals surface area contributed by atoms with E-state index in [1.165, 1.54) is 4.31 Å². The number of benzene rings is 3. The van der Waals surface area contributed by atoms with Gasteiger partial charge in [0.25, 0.3) is 15.9 Å². The van der Waals surface area contributed by atoms with Crippen molar-refractivity contribution >= 4 is 44.0 Å². The maximum atomic E-state index is 13.0. The zero-order valence-corrected chi connectivity index (χ0v) is 19.5. The molecule has 7 nitrogen and oxygen atoms in total. The minimum atomic E-state index is -3.64. The van der Waals surface area contributed by atoms with Crippen molar-refractivity contribution in [1.29, 1.82) is 0 Å². The molecule has 33 heavy (non-hydrogen) atoms. The molecule has 1 aliphatic heterocycles. The first-order valence-corrected chi connectivity index (χ1v) is 12.5. The first kappa shape index (κ1) is 22.8. The molecule has 3 aromatic rings. The number of carbonyl (C=O) groups is 2. The lowest BCUT2D eigenvalue weighted by Crippen LogP contribution is -2.32. The molecule has 8 heteroatoms. The summed E-state index contributed by atoms with van der Waals surface area (Å²) in [6.07, 6.45) is 1.27. The van der Waals surface area contributed by atoms with Crippen molar-refractivity contribution in [3.05, 3.63) is 66.2 Å². The largest absolute Gasteiger partial charge is 0.350 e. The molecule has 4 rings (SSSR count). The van der Waals surface area contributed by atoms with E-state index in [1.807, 2.05) is 32.0 Å². The number of hydrogen-bond acceptors (Lipinski definition) is 4. The third kappa shape index (κ3) is 4.43. The van der Waals surface area contributed by atoms with E-state index >= 15 is 0 Å². The second kappa shape index (κ2) is 9.23. The van der Waals surface area contributed by atoms with E-state index in [0.29, 0.717) is 28.3 Å². The number of carbonyl (C=O) groups excluding carboxylic acids is 2. The normalized spacial score (nSPS) is 14.8. The minimum absolute atomic E-state index is 0.0252. The molecule has 0 aromatic heterocycles. The van der Waals surface area contributed by atoms with E-state index in [1.54, 1.807) is 42.5 Å². The van der Waals surface area contributed by atoms with Gasteiger partial charge in [-0.3, -0.25) is 13.9 Å². The average Bonchev–Trinajstić information content (AvgIpc) is 3.02. The quantitative estimate of drug-likeness (QED) is 0.519. The highest BCUT2D eigenvalue weighted by Gasteiger charge is 2.35. The smallest absolute Gasteiger partial charge is 0.265 e. The Bertz CT molecular complexity index is 1310. The zero-order valence-electron chi connectivity index (χ0n) is 18.7. The number of amides is 2. The fourth-order valence-electron chi connectivity index (χ4n) is 3.99. The van der Waals surface area contributed by atoms with Crippen molar-refractivity contribution in [3.8, 4) is 0 Å². The van der Waals surface area contributed by atoms with Crippen LogP contribution in [0, 0.1) is 0 Å². The van der Waals surface area contributed by atoms with Gasteiger partial charge in [-0.15, -0.1) is 0 Å². The predicted octanol–water partition coefficient (Wildman–Crippen LogP) is 4.30. The fraction of sp³-hybridized carbons (Fsp3) is 0.280. The summed E-state index contributed by atoms with van der Waals surface area (Å²) in [6, 6.07) is 17.7. The van der Waals surface area contributed by atoms with Gasteiger partial charge in [-0.2, -0.15) is 0 Å². The van der Waals surface area contributed by atoms with Gasteiger partial charge in [0.05, 0.1) is 21.8 Å². The summed E-state index contributed by atoms with van der Waals surface area (Å²) in [7, 11) is -3.64. The van der Waals surface area contributed by atoms with Crippen LogP contribution in [-0.2, 0) is 14.8 Å². The van der Waals surface area contributed by atoms with Crippen molar-refractivity contribution in [2.75, 3.05) is 16.2 Å². The molecule has 0 fully saturated rings. The molecule has 0 bridgehead atoms. The molecule has 0 saturated carbocycles. The highest BCUT2D eigenvalue weighted by Crippen LogP contribution is 2.41. The third-order valence-electron chi connectivity index (χ3n) is 5.88. The minimum Gasteiger partial charge on any atom is -0.350 e. The molecule has 172 valence electrons. The van der Waals surface area contributed by atoms with E-state index in [4.69, 9.17) is 0 Å². The van der Waals surface area contributed by atoms with Gasteiger partial charge in [0.1, 0.15) is 0 Å². The van der Waals surface area contributed by atoms with Crippen molar-refractivity contribution in [2.45, 2.75) is 44.0 Å². The molecule has 2 amide bonds. The van der Waals surface area contributed by atoms with Crippen molar-refractivity contribution in [1.82, 2.24) is 5.32 Å². The Labute approximate surface area is 193 Å². The molecule has 2 N–H and O–H groups in total. The maximum Gasteiger partial charge on any atom is 0.265 e. The number of rotatable bonds is 8. The van der Waals surface area contributed by atoms with Gasteiger partial charge in [0, 0.05) is 24.4 Å². The Morgan fingerprint density at radius 3 is 2.48 bits per heavy atom. The van der Waals surface area contributed by atoms with Crippen LogP contribution in [0.5, 0.6) is 0 Å². The van der Waals surface area contributed by atoms with E-state index in [-0.39, 0.29) is 30.8 Å². The molecule has 0 spiro atoms. The second-order valence-electron chi connectivity index (χ2n) is 8.19. The van der Waals surface area contributed by atoms with Crippen LogP contribution in [0.2, 0.25) is 0 Å². The van der Waals surface area contributed by atoms with Crippen LogP contribution in [0.4, 0.5) is 11.4 Å². The first-order valence-electron chi connectivity index (χ1n) is 11.1. The number of anilines is 2. The van der Waals surface area contributed by atoms with Gasteiger partial charge >= 0.3 is 0 Å². The summed E-state index contributed by atoms with van der Waals surface area (Å²) < 4.78 is 27.5. The summed E-state index contributed by atoms with van der Waals surface area (Å²) in [4.78, 5) is 25.4. The molecular formula is C25H27N3O4S. The molecule has 1 aliphatic rings. The standard InChI is InChI=1S/C25H27N3O4S/c1-3-17(2)26-25(30)19-11-4-5-12-20(19)27-23(29)15-8-16-28-21-13-6-9-18-10-7-14-22(24(18)21)33(28,31)32/h4-7,9-14,17H,3,8,15-16H2,1-2H3,(H,26,30)(H,27,29)/t17-/m1/s1. The Kier molecular flexibility index (Phi) is 6.37. The zero-order chi connectivity index (χ0) is 23.6. The lowest BCUT2D eigenvalue weighted by molar-refractivity contribution is -0.116. The van der Waals surface area contributed by atoms with Crippen LogP contribution >= 0.6 is 0 Å². The SMILES string of the molecule is CC[C@@H](C)NC(=O)c1ccccc1NC(=O)CCCN1c2cccc3cccc(c23)S1(=O)=O. The lowest BCUT2D eigenvalue weighted by atomic mass is 10.1. The Hall–Kier alpha value is -3.39. The average molecular weight is 466 g/mol. The molecule has 1 atom stereocenters. The first-order chi connectivity index (χ1) is 15.8.